The summed E-state index contributed by atoms with van der Waals surface area (Å²) in [6.07, 6.45) is 9.78. The van der Waals surface area contributed by atoms with Crippen molar-refractivity contribution in [1.29, 1.82) is 0 Å². The van der Waals surface area contributed by atoms with Crippen molar-refractivity contribution in [2.45, 2.75) is 52.9 Å². The Labute approximate surface area is 181 Å². The summed E-state index contributed by atoms with van der Waals surface area (Å²) in [7, 11) is 0. The van der Waals surface area contributed by atoms with Gasteiger partial charge >= 0.3 is 0 Å². The van der Waals surface area contributed by atoms with Crippen LogP contribution in [0.1, 0.15) is 57.1 Å². The minimum Gasteiger partial charge on any atom is -0.357 e. The second-order valence-corrected chi connectivity index (χ2v) is 8.89. The predicted molar refractivity (Wildman–Crippen MR) is 127 cm³/mol. The highest BCUT2D eigenvalue weighted by atomic mass is 15.2. The number of anilines is 1. The van der Waals surface area contributed by atoms with Crippen molar-refractivity contribution in [1.82, 2.24) is 9.97 Å². The summed E-state index contributed by atoms with van der Waals surface area (Å²) >= 11 is 0. The maximum Gasteiger partial charge on any atom is 0.128 e. The average molecular weight is 400 g/mol. The summed E-state index contributed by atoms with van der Waals surface area (Å²) < 4.78 is 0. The zero-order chi connectivity index (χ0) is 21.1. The Balaban J connectivity index is 1.55. The van der Waals surface area contributed by atoms with Gasteiger partial charge in [-0.2, -0.15) is 0 Å². The van der Waals surface area contributed by atoms with Crippen LogP contribution in [-0.4, -0.2) is 23.1 Å². The largest absolute Gasteiger partial charge is 0.357 e. The fraction of sp³-hybridized carbons (Fsp3) is 0.407. The van der Waals surface area contributed by atoms with Gasteiger partial charge < -0.3 is 4.90 Å². The number of aromatic nitrogens is 2. The molecule has 3 heterocycles. The first-order valence-electron chi connectivity index (χ1n) is 11.3. The molecular formula is C27H33N3. The maximum atomic E-state index is 4.79. The number of pyridine rings is 2. The molecule has 3 aromatic rings. The zero-order valence-electron chi connectivity index (χ0n) is 18.7. The van der Waals surface area contributed by atoms with Crippen molar-refractivity contribution >= 4 is 5.82 Å². The van der Waals surface area contributed by atoms with Gasteiger partial charge in [0.2, 0.25) is 0 Å². The van der Waals surface area contributed by atoms with Crippen LogP contribution >= 0.6 is 0 Å². The van der Waals surface area contributed by atoms with Crippen LogP contribution in [0.3, 0.4) is 0 Å². The van der Waals surface area contributed by atoms with E-state index >= 15 is 0 Å². The lowest BCUT2D eigenvalue weighted by Gasteiger charge is -2.32. The topological polar surface area (TPSA) is 29.0 Å². The summed E-state index contributed by atoms with van der Waals surface area (Å²) in [5.41, 5.74) is 7.51. The van der Waals surface area contributed by atoms with E-state index in [9.17, 15) is 0 Å². The van der Waals surface area contributed by atoms with Gasteiger partial charge in [-0.05, 0) is 72.1 Å². The van der Waals surface area contributed by atoms with Crippen LogP contribution in [0, 0.1) is 12.8 Å². The van der Waals surface area contributed by atoms with Crippen molar-refractivity contribution in [3.8, 4) is 22.3 Å². The molecule has 3 heteroatoms. The smallest absolute Gasteiger partial charge is 0.128 e. The molecule has 3 nitrogen and oxygen atoms in total. The van der Waals surface area contributed by atoms with E-state index in [2.05, 4.69) is 74.0 Å². The standard InChI is InChI=1S/C27H33N3/c1-5-21-11-14-30(15-12-21)27-9-7-23(17-29-27)22-6-8-25(20(4)16-22)26-18-28-13-10-24(26)19(2)3/h6-10,13,16-19,21H,5,11-12,14-15H2,1-4H3. The van der Waals surface area contributed by atoms with Crippen LogP contribution in [0.25, 0.3) is 22.3 Å². The monoisotopic (exact) mass is 399 g/mol. The van der Waals surface area contributed by atoms with Gasteiger partial charge in [-0.15, -0.1) is 0 Å². The van der Waals surface area contributed by atoms with Gasteiger partial charge in [-0.3, -0.25) is 4.98 Å². The van der Waals surface area contributed by atoms with Crippen molar-refractivity contribution in [2.75, 3.05) is 18.0 Å². The minimum absolute atomic E-state index is 0.473. The second-order valence-electron chi connectivity index (χ2n) is 8.89. The molecule has 1 aromatic carbocycles. The van der Waals surface area contributed by atoms with Crippen LogP contribution < -0.4 is 4.90 Å². The molecule has 1 saturated heterocycles. The first kappa shape index (κ1) is 20.6. The molecular weight excluding hydrogens is 366 g/mol. The molecule has 0 unspecified atom stereocenters. The van der Waals surface area contributed by atoms with Gasteiger partial charge in [0, 0.05) is 42.8 Å². The molecule has 0 amide bonds. The van der Waals surface area contributed by atoms with E-state index in [0.29, 0.717) is 5.92 Å². The molecule has 0 spiro atoms. The number of nitrogens with zero attached hydrogens (tertiary/aromatic N) is 3. The molecule has 4 rings (SSSR count). The van der Waals surface area contributed by atoms with Crippen LogP contribution in [0.15, 0.2) is 55.0 Å². The summed E-state index contributed by atoms with van der Waals surface area (Å²) in [6.45, 7) is 11.2. The van der Waals surface area contributed by atoms with E-state index in [1.54, 1.807) is 0 Å². The Kier molecular flexibility index (Phi) is 6.17. The number of benzene rings is 1. The van der Waals surface area contributed by atoms with E-state index < -0.39 is 0 Å². The van der Waals surface area contributed by atoms with Gasteiger partial charge in [-0.25, -0.2) is 4.98 Å². The van der Waals surface area contributed by atoms with Crippen LogP contribution in [-0.2, 0) is 0 Å². The van der Waals surface area contributed by atoms with Crippen molar-refractivity contribution < 1.29 is 0 Å². The Bertz CT molecular complexity index is 983. The van der Waals surface area contributed by atoms with E-state index in [4.69, 9.17) is 4.98 Å². The third-order valence-electron chi connectivity index (χ3n) is 6.59. The third kappa shape index (κ3) is 4.26. The van der Waals surface area contributed by atoms with E-state index in [0.717, 1.165) is 24.8 Å². The average Bonchev–Trinajstić information content (AvgIpc) is 2.79. The molecule has 0 radical (unpaired) electrons. The fourth-order valence-corrected chi connectivity index (χ4v) is 4.59. The highest BCUT2D eigenvalue weighted by Gasteiger charge is 2.19. The lowest BCUT2D eigenvalue weighted by atomic mass is 9.91. The lowest BCUT2D eigenvalue weighted by molar-refractivity contribution is 0.394. The molecule has 156 valence electrons. The van der Waals surface area contributed by atoms with Gasteiger partial charge in [-0.1, -0.05) is 45.4 Å². The van der Waals surface area contributed by atoms with Gasteiger partial charge in [0.05, 0.1) is 0 Å². The van der Waals surface area contributed by atoms with E-state index in [1.165, 1.54) is 52.6 Å². The predicted octanol–water partition coefficient (Wildman–Crippen LogP) is 6.87. The Morgan fingerprint density at radius 3 is 2.37 bits per heavy atom. The first-order chi connectivity index (χ1) is 14.6. The van der Waals surface area contributed by atoms with Gasteiger partial charge in [0.15, 0.2) is 0 Å². The van der Waals surface area contributed by atoms with Crippen molar-refractivity contribution in [3.63, 3.8) is 0 Å². The quantitative estimate of drug-likeness (QED) is 0.469. The molecule has 30 heavy (non-hydrogen) atoms. The van der Waals surface area contributed by atoms with E-state index in [-0.39, 0.29) is 0 Å². The van der Waals surface area contributed by atoms with Crippen molar-refractivity contribution in [2.24, 2.45) is 5.92 Å². The maximum absolute atomic E-state index is 4.79. The van der Waals surface area contributed by atoms with Crippen LogP contribution in [0.5, 0.6) is 0 Å². The second kappa shape index (κ2) is 8.99. The number of aryl methyl sites for hydroxylation is 1. The summed E-state index contributed by atoms with van der Waals surface area (Å²) in [5.74, 6) is 2.47. The third-order valence-corrected chi connectivity index (χ3v) is 6.59. The van der Waals surface area contributed by atoms with Gasteiger partial charge in [0.25, 0.3) is 0 Å². The lowest BCUT2D eigenvalue weighted by Crippen LogP contribution is -2.33. The Morgan fingerprint density at radius 1 is 0.967 bits per heavy atom. The normalized spacial score (nSPS) is 15.0. The molecule has 1 aliphatic rings. The van der Waals surface area contributed by atoms with E-state index in [1.807, 2.05) is 18.6 Å². The Hall–Kier alpha value is -2.68. The number of hydrogen-bond donors (Lipinski definition) is 0. The Morgan fingerprint density at radius 2 is 1.73 bits per heavy atom. The molecule has 0 saturated carbocycles. The summed E-state index contributed by atoms with van der Waals surface area (Å²) in [4.78, 5) is 11.6. The molecule has 0 aliphatic carbocycles. The summed E-state index contributed by atoms with van der Waals surface area (Å²) in [6, 6.07) is 13.3. The summed E-state index contributed by atoms with van der Waals surface area (Å²) in [5, 5.41) is 0. The highest BCUT2D eigenvalue weighted by molar-refractivity contribution is 5.75. The number of hydrogen-bond acceptors (Lipinski definition) is 3. The molecule has 0 bridgehead atoms. The number of rotatable bonds is 5. The zero-order valence-corrected chi connectivity index (χ0v) is 18.7. The van der Waals surface area contributed by atoms with Gasteiger partial charge in [0.1, 0.15) is 5.82 Å². The van der Waals surface area contributed by atoms with Crippen LogP contribution in [0.2, 0.25) is 0 Å². The number of piperidine rings is 1. The SMILES string of the molecule is CCC1CCN(c2ccc(-c3ccc(-c4cnccc4C(C)C)c(C)c3)cn2)CC1. The molecule has 0 atom stereocenters. The molecule has 2 aromatic heterocycles. The van der Waals surface area contributed by atoms with Crippen LogP contribution in [0.4, 0.5) is 5.82 Å². The molecule has 0 N–H and O–H groups in total. The highest BCUT2D eigenvalue weighted by Crippen LogP contribution is 2.33. The molecule has 1 fully saturated rings. The first-order valence-corrected chi connectivity index (χ1v) is 11.3. The molecule has 1 aliphatic heterocycles. The fourth-order valence-electron chi connectivity index (χ4n) is 4.59. The minimum atomic E-state index is 0.473. The van der Waals surface area contributed by atoms with Crippen molar-refractivity contribution in [3.05, 3.63) is 66.1 Å².